The fourth-order valence-electron chi connectivity index (χ4n) is 1.62. The van der Waals surface area contributed by atoms with Crippen LogP contribution in [0.2, 0.25) is 0 Å². The molecule has 0 unspecified atom stereocenters. The second kappa shape index (κ2) is 9.58. The van der Waals surface area contributed by atoms with Gasteiger partial charge in [0, 0.05) is 11.8 Å². The first-order chi connectivity index (χ1) is 9.65. The quantitative estimate of drug-likeness (QED) is 0.328. The monoisotopic (exact) mass is 298 g/mol. The molecule has 0 atom stereocenters. The number of thioether (sulfide) groups is 1. The third-order valence-electron chi connectivity index (χ3n) is 2.72. The van der Waals surface area contributed by atoms with E-state index >= 15 is 0 Å². The molecule has 6 heteroatoms. The van der Waals surface area contributed by atoms with Crippen LogP contribution in [0.15, 0.2) is 16.0 Å². The van der Waals surface area contributed by atoms with E-state index in [0.29, 0.717) is 18.2 Å². The number of ether oxygens (including phenoxy) is 1. The average Bonchev–Trinajstić information content (AvgIpc) is 2.44. The van der Waals surface area contributed by atoms with Gasteiger partial charge in [0.2, 0.25) is 0 Å². The fraction of sp³-hybridized carbons (Fsp3) is 0.643. The van der Waals surface area contributed by atoms with Gasteiger partial charge in [-0.05, 0) is 12.8 Å². The summed E-state index contributed by atoms with van der Waals surface area (Å²) < 4.78 is 5.12. The lowest BCUT2D eigenvalue weighted by atomic mass is 10.2. The van der Waals surface area contributed by atoms with Crippen molar-refractivity contribution >= 4 is 17.7 Å². The molecule has 0 aliphatic heterocycles. The number of rotatable bonds is 9. The molecule has 0 amide bonds. The van der Waals surface area contributed by atoms with Crippen LogP contribution >= 0.6 is 11.8 Å². The molecule has 0 bridgehead atoms. The van der Waals surface area contributed by atoms with Crippen molar-refractivity contribution in [1.82, 2.24) is 9.97 Å². The van der Waals surface area contributed by atoms with Crippen molar-refractivity contribution < 1.29 is 9.53 Å². The summed E-state index contributed by atoms with van der Waals surface area (Å²) in [4.78, 5) is 29.7. The minimum absolute atomic E-state index is 0.171. The number of nitrogens with zero attached hydrogens (tertiary/aromatic N) is 1. The van der Waals surface area contributed by atoms with Crippen molar-refractivity contribution in [3.05, 3.63) is 22.1 Å². The van der Waals surface area contributed by atoms with Gasteiger partial charge < -0.3 is 9.72 Å². The minimum atomic E-state index is -0.268. The molecule has 0 radical (unpaired) electrons. The lowest BCUT2D eigenvalue weighted by Crippen LogP contribution is -2.12. The maximum Gasteiger partial charge on any atom is 0.316 e. The zero-order valence-corrected chi connectivity index (χ0v) is 12.9. The second-order valence-electron chi connectivity index (χ2n) is 4.47. The van der Waals surface area contributed by atoms with Crippen molar-refractivity contribution in [3.8, 4) is 0 Å². The first-order valence-corrected chi connectivity index (χ1v) is 8.03. The molecule has 0 saturated carbocycles. The number of aromatic nitrogens is 2. The lowest BCUT2D eigenvalue weighted by Gasteiger charge is -2.05. The Labute approximate surface area is 123 Å². The molecule has 0 aromatic carbocycles. The Morgan fingerprint density at radius 2 is 2.15 bits per heavy atom. The predicted molar refractivity (Wildman–Crippen MR) is 80.1 cm³/mol. The third kappa shape index (κ3) is 6.75. The van der Waals surface area contributed by atoms with Crippen LogP contribution in [0.3, 0.4) is 0 Å². The van der Waals surface area contributed by atoms with Gasteiger partial charge >= 0.3 is 5.97 Å². The molecule has 0 aliphatic rings. The first-order valence-electron chi connectivity index (χ1n) is 7.04. The molecule has 0 fully saturated rings. The van der Waals surface area contributed by atoms with Gasteiger partial charge in [-0.15, -0.1) is 0 Å². The molecule has 0 aliphatic carbocycles. The number of hydrogen-bond donors (Lipinski definition) is 1. The van der Waals surface area contributed by atoms with Crippen molar-refractivity contribution in [2.24, 2.45) is 0 Å². The molecular formula is C14H22N2O3S. The number of aryl methyl sites for hydroxylation is 1. The maximum absolute atomic E-state index is 11.5. The Balaban J connectivity index is 2.30. The number of unbranched alkanes of at least 4 members (excludes halogenated alkanes) is 3. The Hall–Kier alpha value is -1.30. The minimum Gasteiger partial charge on any atom is -0.465 e. The number of esters is 1. The van der Waals surface area contributed by atoms with Gasteiger partial charge in [-0.25, -0.2) is 4.98 Å². The summed E-state index contributed by atoms with van der Waals surface area (Å²) in [6.45, 7) is 4.54. The van der Waals surface area contributed by atoms with E-state index < -0.39 is 0 Å². The van der Waals surface area contributed by atoms with Crippen LogP contribution in [0.5, 0.6) is 0 Å². The number of nitrogens with one attached hydrogen (secondary N) is 1. The number of hydrogen-bond acceptors (Lipinski definition) is 5. The van der Waals surface area contributed by atoms with Gasteiger partial charge in [-0.1, -0.05) is 44.9 Å². The van der Waals surface area contributed by atoms with Gasteiger partial charge in [0.05, 0.1) is 12.4 Å². The highest BCUT2D eigenvalue weighted by molar-refractivity contribution is 7.99. The number of carbonyl (C=O) groups is 1. The van der Waals surface area contributed by atoms with Gasteiger partial charge in [-0.2, -0.15) is 0 Å². The van der Waals surface area contributed by atoms with E-state index in [1.54, 1.807) is 0 Å². The summed E-state index contributed by atoms with van der Waals surface area (Å²) in [7, 11) is 0. The molecule has 20 heavy (non-hydrogen) atoms. The zero-order chi connectivity index (χ0) is 14.8. The smallest absolute Gasteiger partial charge is 0.316 e. The molecule has 112 valence electrons. The summed E-state index contributed by atoms with van der Waals surface area (Å²) in [5.74, 6) is -0.0970. The van der Waals surface area contributed by atoms with Gasteiger partial charge in [0.1, 0.15) is 0 Å². The average molecular weight is 298 g/mol. The number of aromatic amines is 1. The van der Waals surface area contributed by atoms with E-state index in [4.69, 9.17) is 4.74 Å². The van der Waals surface area contributed by atoms with E-state index in [1.165, 1.54) is 24.2 Å². The Morgan fingerprint density at radius 3 is 2.85 bits per heavy atom. The summed E-state index contributed by atoms with van der Waals surface area (Å²) in [5.41, 5.74) is 0.538. The highest BCUT2D eigenvalue weighted by Gasteiger charge is 2.07. The van der Waals surface area contributed by atoms with Gasteiger partial charge in [0.15, 0.2) is 5.16 Å². The predicted octanol–water partition coefficient (Wildman–Crippen LogP) is 2.55. The first kappa shape index (κ1) is 16.8. The van der Waals surface area contributed by atoms with Crippen molar-refractivity contribution in [2.75, 3.05) is 12.4 Å². The maximum atomic E-state index is 11.5. The van der Waals surface area contributed by atoms with Crippen LogP contribution < -0.4 is 5.56 Å². The molecule has 1 heterocycles. The SMILES string of the molecule is CCCCCCOC(=O)CSc1nc(CC)cc(=O)[nH]1. The molecule has 5 nitrogen and oxygen atoms in total. The molecule has 1 aromatic heterocycles. The summed E-state index contributed by atoms with van der Waals surface area (Å²) >= 11 is 1.20. The van der Waals surface area contributed by atoms with Crippen LogP contribution in [0.25, 0.3) is 0 Å². The summed E-state index contributed by atoms with van der Waals surface area (Å²) in [5, 5.41) is 0.470. The third-order valence-corrected chi connectivity index (χ3v) is 3.57. The molecule has 1 rings (SSSR count). The Morgan fingerprint density at radius 1 is 1.35 bits per heavy atom. The van der Waals surface area contributed by atoms with Crippen LogP contribution in [0.4, 0.5) is 0 Å². The van der Waals surface area contributed by atoms with Crippen LogP contribution in [-0.2, 0) is 16.0 Å². The summed E-state index contributed by atoms with van der Waals surface area (Å²) in [6, 6.07) is 1.47. The van der Waals surface area contributed by atoms with E-state index in [9.17, 15) is 9.59 Å². The highest BCUT2D eigenvalue weighted by atomic mass is 32.2. The van der Waals surface area contributed by atoms with Gasteiger partial charge in [0.25, 0.3) is 5.56 Å². The van der Waals surface area contributed by atoms with E-state index in [0.717, 1.165) is 25.0 Å². The highest BCUT2D eigenvalue weighted by Crippen LogP contribution is 2.12. The van der Waals surface area contributed by atoms with Crippen LogP contribution in [-0.4, -0.2) is 28.3 Å². The zero-order valence-electron chi connectivity index (χ0n) is 12.1. The molecule has 1 N–H and O–H groups in total. The van der Waals surface area contributed by atoms with Crippen molar-refractivity contribution in [3.63, 3.8) is 0 Å². The normalized spacial score (nSPS) is 10.5. The standard InChI is InChI=1S/C14H22N2O3S/c1-3-5-6-7-8-19-13(18)10-20-14-15-11(4-2)9-12(17)16-14/h9H,3-8,10H2,1-2H3,(H,15,16,17). The van der Waals surface area contributed by atoms with Crippen LogP contribution in [0, 0.1) is 0 Å². The number of H-pyrrole nitrogens is 1. The Kier molecular flexibility index (Phi) is 8.02. The molecule has 1 aromatic rings. The second-order valence-corrected chi connectivity index (χ2v) is 5.43. The largest absolute Gasteiger partial charge is 0.465 e. The molecule has 0 saturated heterocycles. The van der Waals surface area contributed by atoms with Gasteiger partial charge in [-0.3, -0.25) is 9.59 Å². The molecule has 0 spiro atoms. The summed E-state index contributed by atoms with van der Waals surface area (Å²) in [6.07, 6.45) is 5.02. The fourth-order valence-corrected chi connectivity index (χ4v) is 2.31. The van der Waals surface area contributed by atoms with Crippen molar-refractivity contribution in [2.45, 2.75) is 51.1 Å². The molecular weight excluding hydrogens is 276 g/mol. The lowest BCUT2D eigenvalue weighted by molar-refractivity contribution is -0.140. The van der Waals surface area contributed by atoms with Crippen LogP contribution in [0.1, 0.15) is 45.2 Å². The van der Waals surface area contributed by atoms with Crippen molar-refractivity contribution in [1.29, 1.82) is 0 Å². The van der Waals surface area contributed by atoms with E-state index in [2.05, 4.69) is 16.9 Å². The van der Waals surface area contributed by atoms with E-state index in [-0.39, 0.29) is 17.3 Å². The van der Waals surface area contributed by atoms with E-state index in [1.807, 2.05) is 6.92 Å². The number of carbonyl (C=O) groups excluding carboxylic acids is 1. The topological polar surface area (TPSA) is 72.0 Å². The Bertz CT molecular complexity index is 474.